The van der Waals surface area contributed by atoms with Crippen LogP contribution in [0.3, 0.4) is 0 Å². The van der Waals surface area contributed by atoms with Crippen LogP contribution in [-0.2, 0) is 19.4 Å². The maximum Gasteiger partial charge on any atom is 0.340 e. The van der Waals surface area contributed by atoms with Gasteiger partial charge in [0.05, 0.1) is 16.2 Å². The highest BCUT2D eigenvalue weighted by Gasteiger charge is 2.25. The molecule has 0 fully saturated rings. The van der Waals surface area contributed by atoms with Crippen molar-refractivity contribution in [3.8, 4) is 0 Å². The van der Waals surface area contributed by atoms with Crippen LogP contribution in [0.4, 0.5) is 5.69 Å². The minimum Gasteiger partial charge on any atom is -0.449 e. The van der Waals surface area contributed by atoms with Gasteiger partial charge in [0.25, 0.3) is 5.91 Å². The minimum absolute atomic E-state index is 0.0991. The molecule has 6 nitrogen and oxygen atoms in total. The Bertz CT molecular complexity index is 972. The summed E-state index contributed by atoms with van der Waals surface area (Å²) in [5, 5.41) is 3.10. The van der Waals surface area contributed by atoms with E-state index < -0.39 is 27.8 Å². The number of rotatable bonds is 6. The molecular weight excluding hydrogens is 390 g/mol. The molecule has 0 bridgehead atoms. The first-order valence-corrected chi connectivity index (χ1v) is 10.3. The van der Waals surface area contributed by atoms with Gasteiger partial charge in [0.1, 0.15) is 0 Å². The lowest BCUT2D eigenvalue weighted by molar-refractivity contribution is -0.123. The molecule has 1 N–H and O–H groups in total. The number of hydrogen-bond donors (Lipinski definition) is 1. The summed E-state index contributed by atoms with van der Waals surface area (Å²) in [4.78, 5) is 24.6. The van der Waals surface area contributed by atoms with Crippen molar-refractivity contribution in [1.82, 2.24) is 0 Å². The predicted molar refractivity (Wildman–Crippen MR) is 104 cm³/mol. The molecule has 0 aliphatic heterocycles. The van der Waals surface area contributed by atoms with Crippen LogP contribution in [0.15, 0.2) is 47.4 Å². The van der Waals surface area contributed by atoms with E-state index in [4.69, 9.17) is 16.3 Å². The van der Waals surface area contributed by atoms with E-state index in [0.717, 1.165) is 5.56 Å². The molecule has 1 atom stereocenters. The summed E-state index contributed by atoms with van der Waals surface area (Å²) in [6.07, 6.45) is -1.13. The highest BCUT2D eigenvalue weighted by atomic mass is 35.5. The number of carbonyl (C=O) groups is 2. The fourth-order valence-corrected chi connectivity index (χ4v) is 3.56. The van der Waals surface area contributed by atoms with E-state index in [1.54, 1.807) is 25.1 Å². The third-order valence-electron chi connectivity index (χ3n) is 3.93. The molecule has 0 saturated carbocycles. The molecule has 1 amide bonds. The van der Waals surface area contributed by atoms with Crippen molar-refractivity contribution < 1.29 is 22.7 Å². The molecule has 0 unspecified atom stereocenters. The lowest BCUT2D eigenvalue weighted by Gasteiger charge is -2.16. The van der Waals surface area contributed by atoms with Gasteiger partial charge in [0.2, 0.25) is 0 Å². The Morgan fingerprint density at radius 1 is 1.19 bits per heavy atom. The maximum atomic E-state index is 12.4. The Kier molecular flexibility index (Phi) is 6.62. The van der Waals surface area contributed by atoms with Crippen molar-refractivity contribution in [2.24, 2.45) is 0 Å². The molecule has 0 spiro atoms. The maximum absolute atomic E-state index is 12.4. The van der Waals surface area contributed by atoms with Crippen molar-refractivity contribution in [1.29, 1.82) is 0 Å². The second-order valence-electron chi connectivity index (χ2n) is 5.90. The first kappa shape index (κ1) is 20.9. The van der Waals surface area contributed by atoms with E-state index in [9.17, 15) is 18.0 Å². The highest BCUT2D eigenvalue weighted by molar-refractivity contribution is 7.91. The average Bonchev–Trinajstić information content (AvgIpc) is 2.64. The lowest BCUT2D eigenvalue weighted by Crippen LogP contribution is -2.30. The van der Waals surface area contributed by atoms with E-state index in [0.29, 0.717) is 10.7 Å². The zero-order chi connectivity index (χ0) is 20.2. The van der Waals surface area contributed by atoms with Gasteiger partial charge in [-0.05, 0) is 43.7 Å². The largest absolute Gasteiger partial charge is 0.449 e. The summed E-state index contributed by atoms with van der Waals surface area (Å²) in [6.45, 7) is 4.69. The fraction of sp³-hybridized carbons (Fsp3) is 0.263. The van der Waals surface area contributed by atoms with E-state index in [2.05, 4.69) is 5.32 Å². The summed E-state index contributed by atoms with van der Waals surface area (Å²) < 4.78 is 29.5. The van der Waals surface area contributed by atoms with Gasteiger partial charge in [-0.25, -0.2) is 13.2 Å². The quantitative estimate of drug-likeness (QED) is 0.736. The Labute approximate surface area is 163 Å². The second-order valence-corrected chi connectivity index (χ2v) is 8.58. The summed E-state index contributed by atoms with van der Waals surface area (Å²) in [6, 6.07) is 10.8. The van der Waals surface area contributed by atoms with Crippen LogP contribution < -0.4 is 5.32 Å². The van der Waals surface area contributed by atoms with Crippen LogP contribution in [0.5, 0.6) is 0 Å². The molecule has 0 saturated heterocycles. The standard InChI is InChI=1S/C19H20ClNO5S/c1-4-27(24,25)17-8-6-5-7-15(17)19(23)26-13(3)18(22)21-16-11-14(20)10-9-12(16)2/h5-11,13H,4H2,1-3H3,(H,21,22)/t13-/m0/s1. The van der Waals surface area contributed by atoms with Crippen LogP contribution in [-0.4, -0.2) is 32.2 Å². The number of esters is 1. The Morgan fingerprint density at radius 2 is 1.85 bits per heavy atom. The second kappa shape index (κ2) is 8.54. The summed E-state index contributed by atoms with van der Waals surface area (Å²) in [7, 11) is -3.60. The van der Waals surface area contributed by atoms with Gasteiger partial charge in [-0.2, -0.15) is 0 Å². The van der Waals surface area contributed by atoms with Crippen LogP contribution in [0.2, 0.25) is 5.02 Å². The van der Waals surface area contributed by atoms with Crippen LogP contribution >= 0.6 is 11.6 Å². The predicted octanol–water partition coefficient (Wildman–Crippen LogP) is 3.63. The zero-order valence-electron chi connectivity index (χ0n) is 15.2. The van der Waals surface area contributed by atoms with Crippen molar-refractivity contribution in [2.45, 2.75) is 31.8 Å². The fourth-order valence-electron chi connectivity index (χ4n) is 2.30. The number of halogens is 1. The number of ether oxygens (including phenoxy) is 1. The molecule has 0 aromatic heterocycles. The molecule has 27 heavy (non-hydrogen) atoms. The number of benzene rings is 2. The van der Waals surface area contributed by atoms with Gasteiger partial charge in [0, 0.05) is 10.7 Å². The Morgan fingerprint density at radius 3 is 2.52 bits per heavy atom. The molecule has 0 heterocycles. The molecule has 0 aliphatic carbocycles. The van der Waals surface area contributed by atoms with Gasteiger partial charge in [0.15, 0.2) is 15.9 Å². The minimum atomic E-state index is -3.60. The van der Waals surface area contributed by atoms with E-state index in [1.165, 1.54) is 38.1 Å². The third kappa shape index (κ3) is 5.08. The first-order chi connectivity index (χ1) is 12.7. The normalized spacial score (nSPS) is 12.3. The summed E-state index contributed by atoms with van der Waals surface area (Å²) in [5.74, 6) is -1.58. The van der Waals surface area contributed by atoms with E-state index >= 15 is 0 Å². The molecule has 2 aromatic rings. The molecule has 144 valence electrons. The monoisotopic (exact) mass is 409 g/mol. The Balaban J connectivity index is 2.16. The van der Waals surface area contributed by atoms with Crippen molar-refractivity contribution in [2.75, 3.05) is 11.1 Å². The number of nitrogens with one attached hydrogen (secondary N) is 1. The molecule has 2 aromatic carbocycles. The number of aryl methyl sites for hydroxylation is 1. The van der Waals surface area contributed by atoms with Crippen molar-refractivity contribution in [3.63, 3.8) is 0 Å². The number of anilines is 1. The van der Waals surface area contributed by atoms with Gasteiger partial charge >= 0.3 is 5.97 Å². The van der Waals surface area contributed by atoms with Gasteiger partial charge in [-0.3, -0.25) is 4.79 Å². The molecule has 2 rings (SSSR count). The van der Waals surface area contributed by atoms with E-state index in [-0.39, 0.29) is 16.2 Å². The number of amides is 1. The average molecular weight is 410 g/mol. The zero-order valence-corrected chi connectivity index (χ0v) is 16.7. The molecule has 0 radical (unpaired) electrons. The smallest absolute Gasteiger partial charge is 0.340 e. The number of carbonyl (C=O) groups excluding carboxylic acids is 2. The van der Waals surface area contributed by atoms with Gasteiger partial charge < -0.3 is 10.1 Å². The van der Waals surface area contributed by atoms with Crippen LogP contribution in [0.25, 0.3) is 0 Å². The van der Waals surface area contributed by atoms with Gasteiger partial charge in [-0.1, -0.05) is 36.7 Å². The first-order valence-electron chi connectivity index (χ1n) is 8.25. The molecular formula is C19H20ClNO5S. The molecule has 8 heteroatoms. The number of hydrogen-bond acceptors (Lipinski definition) is 5. The Hall–Kier alpha value is -2.38. The van der Waals surface area contributed by atoms with E-state index in [1.807, 2.05) is 0 Å². The van der Waals surface area contributed by atoms with Gasteiger partial charge in [-0.15, -0.1) is 0 Å². The SMILES string of the molecule is CCS(=O)(=O)c1ccccc1C(=O)O[C@@H](C)C(=O)Nc1cc(Cl)ccc1C. The summed E-state index contributed by atoms with van der Waals surface area (Å²) >= 11 is 5.92. The topological polar surface area (TPSA) is 89.5 Å². The molecule has 0 aliphatic rings. The van der Waals surface area contributed by atoms with Crippen molar-refractivity contribution in [3.05, 3.63) is 58.6 Å². The highest BCUT2D eigenvalue weighted by Crippen LogP contribution is 2.21. The van der Waals surface area contributed by atoms with Crippen molar-refractivity contribution >= 4 is 39.0 Å². The third-order valence-corrected chi connectivity index (χ3v) is 5.95. The summed E-state index contributed by atoms with van der Waals surface area (Å²) in [5.41, 5.74) is 1.20. The van der Waals surface area contributed by atoms with Crippen LogP contribution in [0, 0.1) is 6.92 Å². The number of sulfone groups is 1. The van der Waals surface area contributed by atoms with Crippen LogP contribution in [0.1, 0.15) is 29.8 Å². The lowest BCUT2D eigenvalue weighted by atomic mass is 10.2.